The Kier molecular flexibility index (Phi) is 4.71. The molecule has 3 N–H and O–H groups in total. The number of carbonyl (C=O) groups excluding carboxylic acids is 1. The number of carboxylic acids is 1. The smallest absolute Gasteiger partial charge is 0.303 e. The number of aliphatic carboxylic acids is 1. The van der Waals surface area contributed by atoms with Gasteiger partial charge in [0.1, 0.15) is 5.75 Å². The maximum absolute atomic E-state index is 11.6. The van der Waals surface area contributed by atoms with Gasteiger partial charge in [0.25, 0.3) is 0 Å². The highest BCUT2D eigenvalue weighted by Crippen LogP contribution is 2.25. The summed E-state index contributed by atoms with van der Waals surface area (Å²) < 4.78 is 0. The zero-order valence-electron chi connectivity index (χ0n) is 10.5. The fourth-order valence-corrected chi connectivity index (χ4v) is 1.55. The van der Waals surface area contributed by atoms with Crippen molar-refractivity contribution in [3.05, 3.63) is 23.3 Å². The summed E-state index contributed by atoms with van der Waals surface area (Å²) in [4.78, 5) is 21.9. The van der Waals surface area contributed by atoms with Crippen LogP contribution < -0.4 is 5.32 Å². The zero-order chi connectivity index (χ0) is 13.7. The number of hydrogen-bond donors (Lipinski definition) is 3. The highest BCUT2D eigenvalue weighted by Gasteiger charge is 2.08. The van der Waals surface area contributed by atoms with Crippen molar-refractivity contribution in [3.63, 3.8) is 0 Å². The van der Waals surface area contributed by atoms with Gasteiger partial charge in [-0.25, -0.2) is 0 Å². The summed E-state index contributed by atoms with van der Waals surface area (Å²) in [6.45, 7) is 3.53. The predicted octanol–water partition coefficient (Wildman–Crippen LogP) is 2.20. The molecule has 0 atom stereocenters. The van der Waals surface area contributed by atoms with Crippen LogP contribution in [0, 0.1) is 13.8 Å². The van der Waals surface area contributed by atoms with Gasteiger partial charge in [0.15, 0.2) is 0 Å². The molecule has 0 aromatic heterocycles. The second-order valence-corrected chi connectivity index (χ2v) is 4.25. The zero-order valence-corrected chi connectivity index (χ0v) is 10.5. The molecule has 1 aromatic carbocycles. The average molecular weight is 251 g/mol. The molecule has 0 aliphatic heterocycles. The Balaban J connectivity index is 2.59. The SMILES string of the molecule is Cc1cc(NC(=O)CCCC(=O)O)c(C)cc1O. The van der Waals surface area contributed by atoms with E-state index in [2.05, 4.69) is 5.32 Å². The quantitative estimate of drug-likeness (QED) is 0.700. The molecule has 0 aliphatic carbocycles. The molecule has 0 bridgehead atoms. The van der Waals surface area contributed by atoms with E-state index in [4.69, 9.17) is 5.11 Å². The minimum absolute atomic E-state index is 0.0129. The van der Waals surface area contributed by atoms with Crippen LogP contribution in [0.3, 0.4) is 0 Å². The summed E-state index contributed by atoms with van der Waals surface area (Å²) in [5, 5.41) is 20.7. The van der Waals surface area contributed by atoms with E-state index in [9.17, 15) is 14.7 Å². The number of phenols is 1. The molecule has 18 heavy (non-hydrogen) atoms. The van der Waals surface area contributed by atoms with Crippen molar-refractivity contribution in [1.82, 2.24) is 0 Å². The lowest BCUT2D eigenvalue weighted by molar-refractivity contribution is -0.137. The number of carboxylic acid groups (broad SMARTS) is 1. The number of nitrogens with one attached hydrogen (secondary N) is 1. The molecule has 0 unspecified atom stereocenters. The molecule has 1 amide bonds. The first-order chi connectivity index (χ1) is 8.40. The van der Waals surface area contributed by atoms with Gasteiger partial charge in [-0.15, -0.1) is 0 Å². The Morgan fingerprint density at radius 1 is 1.17 bits per heavy atom. The van der Waals surface area contributed by atoms with Crippen molar-refractivity contribution >= 4 is 17.6 Å². The summed E-state index contributed by atoms with van der Waals surface area (Å²) in [5.41, 5.74) is 2.09. The van der Waals surface area contributed by atoms with Crippen molar-refractivity contribution in [2.45, 2.75) is 33.1 Å². The van der Waals surface area contributed by atoms with Gasteiger partial charge in [0, 0.05) is 18.5 Å². The molecule has 98 valence electrons. The number of phenolic OH excluding ortho intramolecular Hbond substituents is 1. The number of aryl methyl sites for hydroxylation is 2. The second kappa shape index (κ2) is 6.05. The number of amides is 1. The van der Waals surface area contributed by atoms with Crippen LogP contribution in [0.4, 0.5) is 5.69 Å². The Morgan fingerprint density at radius 2 is 1.83 bits per heavy atom. The van der Waals surface area contributed by atoms with Gasteiger partial charge in [-0.3, -0.25) is 9.59 Å². The van der Waals surface area contributed by atoms with Crippen LogP contribution in [0.15, 0.2) is 12.1 Å². The molecule has 0 aliphatic rings. The second-order valence-electron chi connectivity index (χ2n) is 4.25. The molecular weight excluding hydrogens is 234 g/mol. The Labute approximate surface area is 105 Å². The molecular formula is C13H17NO4. The van der Waals surface area contributed by atoms with E-state index in [0.29, 0.717) is 17.7 Å². The maximum atomic E-state index is 11.6. The standard InChI is InChI=1S/C13H17NO4/c1-8-7-11(15)9(2)6-10(8)14-12(16)4-3-5-13(17)18/h6-7,15H,3-5H2,1-2H3,(H,14,16)(H,17,18). The molecule has 0 radical (unpaired) electrons. The van der Waals surface area contributed by atoms with E-state index in [-0.39, 0.29) is 24.5 Å². The van der Waals surface area contributed by atoms with Crippen molar-refractivity contribution in [3.8, 4) is 5.75 Å². The van der Waals surface area contributed by atoms with E-state index in [1.807, 2.05) is 0 Å². The predicted molar refractivity (Wildman–Crippen MR) is 67.7 cm³/mol. The molecule has 0 saturated carbocycles. The highest BCUT2D eigenvalue weighted by molar-refractivity contribution is 5.91. The van der Waals surface area contributed by atoms with E-state index >= 15 is 0 Å². The molecule has 0 saturated heterocycles. The Bertz CT molecular complexity index is 468. The lowest BCUT2D eigenvalue weighted by atomic mass is 10.1. The summed E-state index contributed by atoms with van der Waals surface area (Å²) in [6, 6.07) is 3.28. The van der Waals surface area contributed by atoms with Gasteiger partial charge in [-0.2, -0.15) is 0 Å². The molecule has 0 heterocycles. The Morgan fingerprint density at radius 3 is 2.44 bits per heavy atom. The van der Waals surface area contributed by atoms with Crippen LogP contribution >= 0.6 is 0 Å². The number of rotatable bonds is 5. The summed E-state index contributed by atoms with van der Waals surface area (Å²) >= 11 is 0. The molecule has 1 rings (SSSR count). The maximum Gasteiger partial charge on any atom is 0.303 e. The minimum Gasteiger partial charge on any atom is -0.508 e. The van der Waals surface area contributed by atoms with E-state index in [0.717, 1.165) is 5.56 Å². The number of aromatic hydroxyl groups is 1. The van der Waals surface area contributed by atoms with Gasteiger partial charge < -0.3 is 15.5 Å². The first kappa shape index (κ1) is 14.0. The normalized spacial score (nSPS) is 10.1. The third-order valence-electron chi connectivity index (χ3n) is 2.61. The van der Waals surface area contributed by atoms with E-state index < -0.39 is 5.97 Å². The van der Waals surface area contributed by atoms with Crippen molar-refractivity contribution in [2.75, 3.05) is 5.32 Å². The number of benzene rings is 1. The van der Waals surface area contributed by atoms with E-state index in [1.165, 1.54) is 0 Å². The minimum atomic E-state index is -0.903. The van der Waals surface area contributed by atoms with Crippen LogP contribution in [-0.2, 0) is 9.59 Å². The first-order valence-electron chi connectivity index (χ1n) is 5.72. The largest absolute Gasteiger partial charge is 0.508 e. The van der Waals surface area contributed by atoms with Gasteiger partial charge >= 0.3 is 5.97 Å². The number of anilines is 1. The molecule has 1 aromatic rings. The molecule has 0 fully saturated rings. The van der Waals surface area contributed by atoms with Crippen LogP contribution in [0.1, 0.15) is 30.4 Å². The lowest BCUT2D eigenvalue weighted by Crippen LogP contribution is -2.12. The monoisotopic (exact) mass is 251 g/mol. The van der Waals surface area contributed by atoms with Gasteiger partial charge in [-0.1, -0.05) is 0 Å². The first-order valence-corrected chi connectivity index (χ1v) is 5.72. The van der Waals surface area contributed by atoms with E-state index in [1.54, 1.807) is 26.0 Å². The fraction of sp³-hybridized carbons (Fsp3) is 0.385. The van der Waals surface area contributed by atoms with Gasteiger partial charge in [-0.05, 0) is 43.5 Å². The van der Waals surface area contributed by atoms with Crippen molar-refractivity contribution < 1.29 is 19.8 Å². The third-order valence-corrected chi connectivity index (χ3v) is 2.61. The van der Waals surface area contributed by atoms with Crippen molar-refractivity contribution in [2.24, 2.45) is 0 Å². The van der Waals surface area contributed by atoms with Crippen molar-refractivity contribution in [1.29, 1.82) is 0 Å². The summed E-state index contributed by atoms with van der Waals surface area (Å²) in [6.07, 6.45) is 0.476. The highest BCUT2D eigenvalue weighted by atomic mass is 16.4. The molecule has 5 heteroatoms. The number of carbonyl (C=O) groups is 2. The lowest BCUT2D eigenvalue weighted by Gasteiger charge is -2.10. The summed E-state index contributed by atoms with van der Waals surface area (Å²) in [5.74, 6) is -0.930. The van der Waals surface area contributed by atoms with Crippen LogP contribution in [0.25, 0.3) is 0 Å². The molecule has 0 spiro atoms. The van der Waals surface area contributed by atoms with Gasteiger partial charge in [0.2, 0.25) is 5.91 Å². The number of hydrogen-bond acceptors (Lipinski definition) is 3. The molecule has 5 nitrogen and oxygen atoms in total. The summed E-state index contributed by atoms with van der Waals surface area (Å²) in [7, 11) is 0. The average Bonchev–Trinajstić information content (AvgIpc) is 2.25. The van der Waals surface area contributed by atoms with Crippen LogP contribution in [0.2, 0.25) is 0 Å². The van der Waals surface area contributed by atoms with Crippen LogP contribution in [-0.4, -0.2) is 22.1 Å². The fourth-order valence-electron chi connectivity index (χ4n) is 1.55. The Hall–Kier alpha value is -2.04. The topological polar surface area (TPSA) is 86.6 Å². The third kappa shape index (κ3) is 4.08. The van der Waals surface area contributed by atoms with Gasteiger partial charge in [0.05, 0.1) is 0 Å². The van der Waals surface area contributed by atoms with Crippen LogP contribution in [0.5, 0.6) is 5.75 Å².